The van der Waals surface area contributed by atoms with Gasteiger partial charge in [0.2, 0.25) is 11.9 Å². The summed E-state index contributed by atoms with van der Waals surface area (Å²) >= 11 is 0. The highest BCUT2D eigenvalue weighted by Gasteiger charge is 2.27. The van der Waals surface area contributed by atoms with E-state index >= 15 is 0 Å². The number of rotatable bonds is 5. The second kappa shape index (κ2) is 6.00. The van der Waals surface area contributed by atoms with Crippen LogP contribution in [0.1, 0.15) is 19.3 Å². The lowest BCUT2D eigenvalue weighted by atomic mass is 10.1. The molecule has 2 atom stereocenters. The number of aliphatic hydroxyl groups is 1. The molecule has 2 aromatic heterocycles. The van der Waals surface area contributed by atoms with Gasteiger partial charge < -0.3 is 15.7 Å². The maximum Gasteiger partial charge on any atom is 0.258 e. The molecule has 21 heavy (non-hydrogen) atoms. The molecule has 0 radical (unpaired) electrons. The SMILES string of the molecule is CNc1nc(NC2CCCC2CO)nc(-n2cncn2)n1. The van der Waals surface area contributed by atoms with Crippen LogP contribution in [0, 0.1) is 5.92 Å². The summed E-state index contributed by atoms with van der Waals surface area (Å²) in [5.74, 6) is 1.57. The molecular formula is C12H18N8O. The van der Waals surface area contributed by atoms with Gasteiger partial charge in [-0.15, -0.1) is 0 Å². The van der Waals surface area contributed by atoms with Gasteiger partial charge in [0.25, 0.3) is 5.95 Å². The summed E-state index contributed by atoms with van der Waals surface area (Å²) in [6.07, 6.45) is 6.08. The molecule has 0 aromatic carbocycles. The van der Waals surface area contributed by atoms with E-state index in [0.29, 0.717) is 17.8 Å². The van der Waals surface area contributed by atoms with Crippen LogP contribution >= 0.6 is 0 Å². The molecular weight excluding hydrogens is 272 g/mol. The van der Waals surface area contributed by atoms with E-state index in [1.807, 2.05) is 0 Å². The Kier molecular flexibility index (Phi) is 3.91. The molecule has 9 heteroatoms. The van der Waals surface area contributed by atoms with Crippen molar-refractivity contribution in [1.82, 2.24) is 29.7 Å². The number of hydrogen-bond acceptors (Lipinski definition) is 8. The molecule has 1 aliphatic rings. The molecule has 1 aliphatic carbocycles. The Labute approximate surface area is 121 Å². The van der Waals surface area contributed by atoms with Crippen LogP contribution < -0.4 is 10.6 Å². The van der Waals surface area contributed by atoms with Crippen molar-refractivity contribution in [3.8, 4) is 5.95 Å². The average Bonchev–Trinajstić information content (AvgIpc) is 3.18. The number of hydrogen-bond donors (Lipinski definition) is 3. The van der Waals surface area contributed by atoms with Crippen molar-refractivity contribution in [2.24, 2.45) is 5.92 Å². The van der Waals surface area contributed by atoms with Crippen molar-refractivity contribution in [1.29, 1.82) is 0 Å². The third kappa shape index (κ3) is 2.92. The molecule has 9 nitrogen and oxygen atoms in total. The van der Waals surface area contributed by atoms with Gasteiger partial charge in [-0.05, 0) is 12.8 Å². The quantitative estimate of drug-likeness (QED) is 0.708. The van der Waals surface area contributed by atoms with Gasteiger partial charge in [0.15, 0.2) is 0 Å². The molecule has 0 amide bonds. The average molecular weight is 290 g/mol. The van der Waals surface area contributed by atoms with E-state index in [2.05, 4.69) is 35.7 Å². The molecule has 0 aliphatic heterocycles. The van der Waals surface area contributed by atoms with Crippen molar-refractivity contribution in [3.05, 3.63) is 12.7 Å². The highest BCUT2D eigenvalue weighted by Crippen LogP contribution is 2.27. The number of nitrogens with zero attached hydrogens (tertiary/aromatic N) is 6. The van der Waals surface area contributed by atoms with Gasteiger partial charge in [0, 0.05) is 25.6 Å². The lowest BCUT2D eigenvalue weighted by molar-refractivity contribution is 0.222. The zero-order valence-corrected chi connectivity index (χ0v) is 11.8. The smallest absolute Gasteiger partial charge is 0.258 e. The van der Waals surface area contributed by atoms with E-state index in [-0.39, 0.29) is 18.6 Å². The van der Waals surface area contributed by atoms with Gasteiger partial charge in [0.05, 0.1) is 0 Å². The maximum atomic E-state index is 9.39. The summed E-state index contributed by atoms with van der Waals surface area (Å²) < 4.78 is 1.48. The van der Waals surface area contributed by atoms with Crippen molar-refractivity contribution in [2.75, 3.05) is 24.3 Å². The van der Waals surface area contributed by atoms with Crippen molar-refractivity contribution >= 4 is 11.9 Å². The van der Waals surface area contributed by atoms with Crippen LogP contribution in [0.15, 0.2) is 12.7 Å². The first-order valence-corrected chi connectivity index (χ1v) is 6.96. The van der Waals surface area contributed by atoms with E-state index in [0.717, 1.165) is 19.3 Å². The van der Waals surface area contributed by atoms with E-state index in [4.69, 9.17) is 0 Å². The summed E-state index contributed by atoms with van der Waals surface area (Å²) in [6.45, 7) is 0.178. The van der Waals surface area contributed by atoms with Gasteiger partial charge in [-0.2, -0.15) is 24.7 Å². The summed E-state index contributed by atoms with van der Waals surface area (Å²) in [6, 6.07) is 0.186. The molecule has 2 heterocycles. The molecule has 3 rings (SSSR count). The Morgan fingerprint density at radius 3 is 2.86 bits per heavy atom. The second-order valence-electron chi connectivity index (χ2n) is 5.00. The van der Waals surface area contributed by atoms with Crippen LogP contribution in [0.5, 0.6) is 0 Å². The summed E-state index contributed by atoms with van der Waals surface area (Å²) in [4.78, 5) is 16.8. The first-order chi connectivity index (χ1) is 10.3. The van der Waals surface area contributed by atoms with Gasteiger partial charge in [-0.3, -0.25) is 0 Å². The topological polar surface area (TPSA) is 114 Å². The van der Waals surface area contributed by atoms with Crippen LogP contribution in [-0.4, -0.2) is 54.5 Å². The minimum absolute atomic E-state index is 0.178. The molecule has 2 unspecified atom stereocenters. The lowest BCUT2D eigenvalue weighted by Gasteiger charge is -2.19. The van der Waals surface area contributed by atoms with Crippen molar-refractivity contribution in [2.45, 2.75) is 25.3 Å². The molecule has 1 saturated carbocycles. The first-order valence-electron chi connectivity index (χ1n) is 6.96. The largest absolute Gasteiger partial charge is 0.396 e. The molecule has 0 spiro atoms. The molecule has 0 bridgehead atoms. The monoisotopic (exact) mass is 290 g/mol. The number of aromatic nitrogens is 6. The highest BCUT2D eigenvalue weighted by atomic mass is 16.3. The normalized spacial score (nSPS) is 21.4. The van der Waals surface area contributed by atoms with Crippen LogP contribution in [-0.2, 0) is 0 Å². The summed E-state index contributed by atoms with van der Waals surface area (Å²) in [5.41, 5.74) is 0. The Morgan fingerprint density at radius 1 is 1.29 bits per heavy atom. The fraction of sp³-hybridized carbons (Fsp3) is 0.583. The van der Waals surface area contributed by atoms with E-state index in [1.54, 1.807) is 7.05 Å². The van der Waals surface area contributed by atoms with Crippen LogP contribution in [0.25, 0.3) is 5.95 Å². The fourth-order valence-corrected chi connectivity index (χ4v) is 2.57. The Morgan fingerprint density at radius 2 is 2.14 bits per heavy atom. The molecule has 2 aromatic rings. The Balaban J connectivity index is 1.86. The van der Waals surface area contributed by atoms with Gasteiger partial charge >= 0.3 is 0 Å². The Bertz CT molecular complexity index is 587. The number of nitrogens with one attached hydrogen (secondary N) is 2. The zero-order chi connectivity index (χ0) is 14.7. The molecule has 3 N–H and O–H groups in total. The van der Waals surface area contributed by atoms with Gasteiger partial charge in [-0.25, -0.2) is 4.98 Å². The lowest BCUT2D eigenvalue weighted by Crippen LogP contribution is -2.27. The predicted molar refractivity (Wildman–Crippen MR) is 76.1 cm³/mol. The molecule has 1 fully saturated rings. The van der Waals surface area contributed by atoms with Crippen molar-refractivity contribution in [3.63, 3.8) is 0 Å². The standard InChI is InChI=1S/C12H18N8O/c1-13-10-17-11(16-9-4-2-3-8(9)5-21)19-12(18-10)20-7-14-6-15-20/h6-9,21H,2-5H2,1H3,(H2,13,16,17,18,19). The van der Waals surface area contributed by atoms with E-state index < -0.39 is 0 Å². The summed E-state index contributed by atoms with van der Waals surface area (Å²) in [5, 5.41) is 19.6. The van der Waals surface area contributed by atoms with Crippen LogP contribution in [0.4, 0.5) is 11.9 Å². The Hall–Kier alpha value is -2.29. The van der Waals surface area contributed by atoms with Gasteiger partial charge in [0.1, 0.15) is 12.7 Å². The van der Waals surface area contributed by atoms with E-state index in [9.17, 15) is 5.11 Å². The zero-order valence-electron chi connectivity index (χ0n) is 11.8. The minimum Gasteiger partial charge on any atom is -0.396 e. The number of anilines is 2. The van der Waals surface area contributed by atoms with Crippen molar-refractivity contribution < 1.29 is 5.11 Å². The highest BCUT2D eigenvalue weighted by molar-refractivity contribution is 5.38. The van der Waals surface area contributed by atoms with Crippen LogP contribution in [0.3, 0.4) is 0 Å². The van der Waals surface area contributed by atoms with E-state index in [1.165, 1.54) is 17.3 Å². The predicted octanol–water partition coefficient (Wildman–Crippen LogP) is 0.0669. The number of aliphatic hydroxyl groups excluding tert-OH is 1. The third-order valence-corrected chi connectivity index (χ3v) is 3.68. The fourth-order valence-electron chi connectivity index (χ4n) is 2.57. The first kappa shape index (κ1) is 13.7. The van der Waals surface area contributed by atoms with Gasteiger partial charge in [-0.1, -0.05) is 6.42 Å². The molecule has 0 saturated heterocycles. The molecule has 112 valence electrons. The minimum atomic E-state index is 0.178. The third-order valence-electron chi connectivity index (χ3n) is 3.68. The second-order valence-corrected chi connectivity index (χ2v) is 5.00. The summed E-state index contributed by atoms with van der Waals surface area (Å²) in [7, 11) is 1.75. The van der Waals surface area contributed by atoms with Crippen LogP contribution in [0.2, 0.25) is 0 Å². The maximum absolute atomic E-state index is 9.39.